The molecule has 7 heteroatoms. The summed E-state index contributed by atoms with van der Waals surface area (Å²) < 4.78 is 4.58. The second kappa shape index (κ2) is 5.50. The first-order valence-corrected chi connectivity index (χ1v) is 5.63. The topological polar surface area (TPSA) is 94.0 Å². The van der Waals surface area contributed by atoms with Gasteiger partial charge < -0.3 is 15.6 Å². The lowest BCUT2D eigenvalue weighted by molar-refractivity contribution is 0.0954. The Labute approximate surface area is 108 Å². The average Bonchev–Trinajstić information content (AvgIpc) is 2.85. The number of hydrogen-bond acceptors (Lipinski definition) is 5. The Morgan fingerprint density at radius 3 is 3.00 bits per heavy atom. The summed E-state index contributed by atoms with van der Waals surface area (Å²) in [6.07, 6.45) is 1.75. The zero-order chi connectivity index (χ0) is 13.0. The molecule has 0 aliphatic rings. The molecule has 2 rings (SSSR count). The second-order valence-corrected chi connectivity index (χ2v) is 4.00. The van der Waals surface area contributed by atoms with E-state index >= 15 is 0 Å². The van der Waals surface area contributed by atoms with Gasteiger partial charge >= 0.3 is 0 Å². The van der Waals surface area contributed by atoms with E-state index in [1.165, 1.54) is 12.5 Å². The van der Waals surface area contributed by atoms with Crippen LogP contribution in [0.3, 0.4) is 0 Å². The van der Waals surface area contributed by atoms with Crippen LogP contribution in [0.15, 0.2) is 29.1 Å². The fourth-order valence-electron chi connectivity index (χ4n) is 1.36. The van der Waals surface area contributed by atoms with E-state index in [0.717, 1.165) is 0 Å². The highest BCUT2D eigenvalue weighted by atomic mass is 35.5. The fourth-order valence-corrected chi connectivity index (χ4v) is 1.54. The molecule has 1 aromatic heterocycles. The molecule has 0 bridgehead atoms. The fraction of sp³-hybridized carbons (Fsp3) is 0.182. The van der Waals surface area contributed by atoms with Crippen molar-refractivity contribution < 1.29 is 9.32 Å². The number of aromatic nitrogens is 2. The van der Waals surface area contributed by atoms with Crippen LogP contribution in [-0.2, 0) is 6.42 Å². The summed E-state index contributed by atoms with van der Waals surface area (Å²) in [5, 5.41) is 6.72. The smallest absolute Gasteiger partial charge is 0.251 e. The number of nitrogens with zero attached hydrogens (tertiary/aromatic N) is 2. The van der Waals surface area contributed by atoms with Gasteiger partial charge in [-0.2, -0.15) is 4.98 Å². The molecule has 0 unspecified atom stereocenters. The van der Waals surface area contributed by atoms with E-state index in [9.17, 15) is 4.79 Å². The molecule has 6 nitrogen and oxygen atoms in total. The third-order valence-corrected chi connectivity index (χ3v) is 2.63. The Kier molecular flexibility index (Phi) is 3.78. The van der Waals surface area contributed by atoms with Crippen molar-refractivity contribution in [2.45, 2.75) is 6.42 Å². The number of nitrogens with two attached hydrogens (primary N) is 1. The Hall–Kier alpha value is -2.08. The maximum absolute atomic E-state index is 11.8. The van der Waals surface area contributed by atoms with Gasteiger partial charge in [-0.05, 0) is 18.2 Å². The molecule has 3 N–H and O–H groups in total. The third kappa shape index (κ3) is 2.98. The third-order valence-electron chi connectivity index (χ3n) is 2.30. The Morgan fingerprint density at radius 1 is 1.50 bits per heavy atom. The van der Waals surface area contributed by atoms with Crippen molar-refractivity contribution in [2.75, 3.05) is 12.3 Å². The van der Waals surface area contributed by atoms with Gasteiger partial charge in [-0.15, -0.1) is 0 Å². The second-order valence-electron chi connectivity index (χ2n) is 3.59. The first-order chi connectivity index (χ1) is 8.66. The monoisotopic (exact) mass is 266 g/mol. The number of amides is 1. The van der Waals surface area contributed by atoms with Crippen LogP contribution in [0.5, 0.6) is 0 Å². The summed E-state index contributed by atoms with van der Waals surface area (Å²) in [6, 6.07) is 4.74. The number of carbonyl (C=O) groups is 1. The molecule has 0 aliphatic heterocycles. The molecule has 0 saturated heterocycles. The van der Waals surface area contributed by atoms with Gasteiger partial charge in [-0.1, -0.05) is 16.8 Å². The van der Waals surface area contributed by atoms with Gasteiger partial charge in [-0.3, -0.25) is 4.79 Å². The van der Waals surface area contributed by atoms with Crippen LogP contribution in [0.1, 0.15) is 16.2 Å². The molecule has 0 radical (unpaired) electrons. The summed E-state index contributed by atoms with van der Waals surface area (Å²) in [7, 11) is 0. The van der Waals surface area contributed by atoms with E-state index in [2.05, 4.69) is 20.0 Å². The minimum absolute atomic E-state index is 0.222. The summed E-state index contributed by atoms with van der Waals surface area (Å²) in [6.45, 7) is 0.417. The first kappa shape index (κ1) is 12.4. The van der Waals surface area contributed by atoms with Crippen molar-refractivity contribution in [2.24, 2.45) is 0 Å². The molecule has 2 aromatic rings. The quantitative estimate of drug-likeness (QED) is 0.813. The molecular weight excluding hydrogens is 256 g/mol. The lowest BCUT2D eigenvalue weighted by Crippen LogP contribution is -2.25. The van der Waals surface area contributed by atoms with Gasteiger partial charge in [0.25, 0.3) is 5.91 Å². The van der Waals surface area contributed by atoms with Gasteiger partial charge in [0.2, 0.25) is 6.39 Å². The molecule has 0 saturated carbocycles. The lowest BCUT2D eigenvalue weighted by atomic mass is 10.2. The molecule has 0 spiro atoms. The van der Waals surface area contributed by atoms with Gasteiger partial charge in [0.05, 0.1) is 10.7 Å². The summed E-state index contributed by atoms with van der Waals surface area (Å²) >= 11 is 5.84. The summed E-state index contributed by atoms with van der Waals surface area (Å²) in [5.41, 5.74) is 6.47. The van der Waals surface area contributed by atoms with Gasteiger partial charge in [-0.25, -0.2) is 0 Å². The van der Waals surface area contributed by atoms with Gasteiger partial charge in [0.1, 0.15) is 0 Å². The molecule has 1 heterocycles. The minimum Gasteiger partial charge on any atom is -0.398 e. The number of hydrogen-bond donors (Lipinski definition) is 2. The zero-order valence-corrected chi connectivity index (χ0v) is 10.1. The molecule has 0 fully saturated rings. The van der Waals surface area contributed by atoms with E-state index < -0.39 is 0 Å². The number of halogens is 1. The maximum Gasteiger partial charge on any atom is 0.251 e. The van der Waals surface area contributed by atoms with Crippen LogP contribution >= 0.6 is 11.6 Å². The number of nitrogens with one attached hydrogen (secondary N) is 1. The van der Waals surface area contributed by atoms with E-state index in [0.29, 0.717) is 35.1 Å². The van der Waals surface area contributed by atoms with Crippen LogP contribution < -0.4 is 11.1 Å². The molecule has 1 aromatic carbocycles. The Balaban J connectivity index is 1.89. The normalized spacial score (nSPS) is 10.3. The minimum atomic E-state index is -0.222. The SMILES string of the molecule is Nc1ccc(C(=O)NCCc2ncon2)cc1Cl. The van der Waals surface area contributed by atoms with Crippen molar-refractivity contribution in [3.8, 4) is 0 Å². The van der Waals surface area contributed by atoms with E-state index in [-0.39, 0.29) is 5.91 Å². The number of nitrogen functional groups attached to an aromatic ring is 1. The van der Waals surface area contributed by atoms with Gasteiger partial charge in [0.15, 0.2) is 5.82 Å². The molecule has 94 valence electrons. The van der Waals surface area contributed by atoms with E-state index in [1.54, 1.807) is 12.1 Å². The average molecular weight is 267 g/mol. The maximum atomic E-state index is 11.8. The van der Waals surface area contributed by atoms with Crippen molar-refractivity contribution in [1.82, 2.24) is 15.5 Å². The van der Waals surface area contributed by atoms with Crippen LogP contribution in [-0.4, -0.2) is 22.6 Å². The van der Waals surface area contributed by atoms with Crippen molar-refractivity contribution >= 4 is 23.2 Å². The highest BCUT2D eigenvalue weighted by molar-refractivity contribution is 6.33. The molecule has 0 atom stereocenters. The van der Waals surface area contributed by atoms with Crippen LogP contribution in [0, 0.1) is 0 Å². The first-order valence-electron chi connectivity index (χ1n) is 5.25. The predicted octanol–water partition coefficient (Wildman–Crippen LogP) is 1.28. The van der Waals surface area contributed by atoms with Crippen LogP contribution in [0.4, 0.5) is 5.69 Å². The predicted molar refractivity (Wildman–Crippen MR) is 66.2 cm³/mol. The Bertz CT molecular complexity index is 542. The number of rotatable bonds is 4. The molecule has 1 amide bonds. The highest BCUT2D eigenvalue weighted by Gasteiger charge is 2.07. The van der Waals surface area contributed by atoms with E-state index in [1.807, 2.05) is 0 Å². The van der Waals surface area contributed by atoms with Crippen LogP contribution in [0.2, 0.25) is 5.02 Å². The molecule has 0 aliphatic carbocycles. The lowest BCUT2D eigenvalue weighted by Gasteiger charge is -2.05. The van der Waals surface area contributed by atoms with Crippen molar-refractivity contribution in [3.05, 3.63) is 41.0 Å². The zero-order valence-electron chi connectivity index (χ0n) is 9.39. The van der Waals surface area contributed by atoms with Crippen LogP contribution in [0.25, 0.3) is 0 Å². The number of carbonyl (C=O) groups excluding carboxylic acids is 1. The van der Waals surface area contributed by atoms with E-state index in [4.69, 9.17) is 17.3 Å². The largest absolute Gasteiger partial charge is 0.398 e. The standard InChI is InChI=1S/C11H11ClN4O2/c12-8-5-7(1-2-9(8)13)11(17)14-4-3-10-15-6-18-16-10/h1-2,5-6H,3-4,13H2,(H,14,17). The number of anilines is 1. The number of benzene rings is 1. The summed E-state index contributed by atoms with van der Waals surface area (Å²) in [4.78, 5) is 15.6. The van der Waals surface area contributed by atoms with Crippen molar-refractivity contribution in [3.63, 3.8) is 0 Å². The van der Waals surface area contributed by atoms with Gasteiger partial charge in [0, 0.05) is 18.5 Å². The summed E-state index contributed by atoms with van der Waals surface area (Å²) in [5.74, 6) is 0.325. The molecular formula is C11H11ClN4O2. The van der Waals surface area contributed by atoms with Crippen molar-refractivity contribution in [1.29, 1.82) is 0 Å². The molecule has 18 heavy (non-hydrogen) atoms. The Morgan fingerprint density at radius 2 is 2.33 bits per heavy atom. The highest BCUT2D eigenvalue weighted by Crippen LogP contribution is 2.19.